The van der Waals surface area contributed by atoms with E-state index in [-0.39, 0.29) is 22.9 Å². The van der Waals surface area contributed by atoms with Gasteiger partial charge in [-0.15, -0.1) is 15.3 Å². The highest BCUT2D eigenvalue weighted by molar-refractivity contribution is 6.30. The van der Waals surface area contributed by atoms with E-state index in [1.54, 1.807) is 48.5 Å². The first-order chi connectivity index (χ1) is 16.4. The summed E-state index contributed by atoms with van der Waals surface area (Å²) in [5, 5.41) is 23.3. The van der Waals surface area contributed by atoms with Crippen molar-refractivity contribution in [1.82, 2.24) is 5.43 Å². The average Bonchev–Trinajstić information content (AvgIpc) is 2.85. The lowest BCUT2D eigenvalue weighted by Gasteiger charge is -2.07. The number of hydrogen-bond acceptors (Lipinski definition) is 7. The molecule has 4 aromatic rings. The number of amides is 1. The van der Waals surface area contributed by atoms with Gasteiger partial charge >= 0.3 is 5.63 Å². The van der Waals surface area contributed by atoms with Crippen LogP contribution in [0.25, 0.3) is 11.0 Å². The minimum Gasteiger partial charge on any atom is -0.504 e. The zero-order valence-corrected chi connectivity index (χ0v) is 18.5. The van der Waals surface area contributed by atoms with E-state index < -0.39 is 11.5 Å². The van der Waals surface area contributed by atoms with E-state index in [4.69, 9.17) is 20.8 Å². The zero-order chi connectivity index (χ0) is 24.1. The van der Waals surface area contributed by atoms with Crippen LogP contribution in [0.3, 0.4) is 0 Å². The molecule has 4 rings (SSSR count). The SMILES string of the molecule is COc1cc(/C(N=Nc2ccc(Cl)cc2)=N\NC(=O)c2cc3ccccc3oc2=O)ccc1O. The first-order valence-corrected chi connectivity index (χ1v) is 10.3. The number of phenols is 1. The molecule has 0 spiro atoms. The van der Waals surface area contributed by atoms with E-state index in [0.717, 1.165) is 0 Å². The van der Waals surface area contributed by atoms with Crippen molar-refractivity contribution in [3.63, 3.8) is 0 Å². The van der Waals surface area contributed by atoms with Gasteiger partial charge in [-0.25, -0.2) is 10.2 Å². The van der Waals surface area contributed by atoms with Crippen molar-refractivity contribution in [3.05, 3.63) is 99.4 Å². The molecule has 0 unspecified atom stereocenters. The summed E-state index contributed by atoms with van der Waals surface area (Å²) in [7, 11) is 1.39. The summed E-state index contributed by atoms with van der Waals surface area (Å²) in [6.45, 7) is 0. The fourth-order valence-corrected chi connectivity index (χ4v) is 3.08. The lowest BCUT2D eigenvalue weighted by atomic mass is 10.2. The van der Waals surface area contributed by atoms with Crippen LogP contribution in [0.5, 0.6) is 11.5 Å². The predicted octanol–water partition coefficient (Wildman–Crippen LogP) is 5.04. The number of benzene rings is 3. The minimum atomic E-state index is -0.804. The smallest absolute Gasteiger partial charge is 0.349 e. The summed E-state index contributed by atoms with van der Waals surface area (Å²) in [6, 6.07) is 19.2. The number of fused-ring (bicyclic) bond motifs is 1. The second-order valence-corrected chi connectivity index (χ2v) is 7.36. The Morgan fingerprint density at radius 1 is 1.06 bits per heavy atom. The van der Waals surface area contributed by atoms with E-state index in [1.807, 2.05) is 0 Å². The largest absolute Gasteiger partial charge is 0.504 e. The number of phenolic OH excluding ortho intramolecular Hbond substituents is 1. The summed E-state index contributed by atoms with van der Waals surface area (Å²) < 4.78 is 10.3. The van der Waals surface area contributed by atoms with Gasteiger partial charge in [0.15, 0.2) is 11.5 Å². The third kappa shape index (κ3) is 5.11. The molecule has 0 aliphatic heterocycles. The van der Waals surface area contributed by atoms with Crippen LogP contribution >= 0.6 is 11.6 Å². The molecule has 1 aromatic heterocycles. The van der Waals surface area contributed by atoms with E-state index in [0.29, 0.717) is 27.2 Å². The van der Waals surface area contributed by atoms with Gasteiger partial charge in [0.2, 0.25) is 5.84 Å². The molecule has 0 fully saturated rings. The van der Waals surface area contributed by atoms with Crippen LogP contribution in [-0.2, 0) is 0 Å². The number of ether oxygens (including phenoxy) is 1. The normalized spacial score (nSPS) is 11.6. The Labute approximate surface area is 198 Å². The number of aromatic hydroxyl groups is 1. The van der Waals surface area contributed by atoms with Gasteiger partial charge in [0.1, 0.15) is 11.1 Å². The number of para-hydroxylation sites is 1. The van der Waals surface area contributed by atoms with E-state index in [2.05, 4.69) is 20.8 Å². The quantitative estimate of drug-likeness (QED) is 0.137. The fraction of sp³-hybridized carbons (Fsp3) is 0.0417. The number of carbonyl (C=O) groups is 1. The molecule has 34 heavy (non-hydrogen) atoms. The molecule has 0 atom stereocenters. The lowest BCUT2D eigenvalue weighted by Crippen LogP contribution is -2.25. The Morgan fingerprint density at radius 3 is 2.59 bits per heavy atom. The zero-order valence-electron chi connectivity index (χ0n) is 17.7. The molecule has 0 saturated carbocycles. The monoisotopic (exact) mass is 476 g/mol. The molecule has 9 nitrogen and oxygen atoms in total. The maximum absolute atomic E-state index is 12.7. The lowest BCUT2D eigenvalue weighted by molar-refractivity contribution is 0.0951. The highest BCUT2D eigenvalue weighted by Crippen LogP contribution is 2.27. The Hall–Kier alpha value is -4.50. The summed E-state index contributed by atoms with van der Waals surface area (Å²) in [5.74, 6) is -0.706. The Kier molecular flexibility index (Phi) is 6.65. The van der Waals surface area contributed by atoms with Gasteiger partial charge in [0.25, 0.3) is 5.91 Å². The van der Waals surface area contributed by atoms with Crippen molar-refractivity contribution >= 4 is 40.0 Å². The molecule has 0 radical (unpaired) electrons. The third-order valence-corrected chi connectivity index (χ3v) is 4.93. The summed E-state index contributed by atoms with van der Waals surface area (Å²) in [6.07, 6.45) is 0. The molecule has 0 saturated heterocycles. The minimum absolute atomic E-state index is 0.00761. The van der Waals surface area contributed by atoms with Crippen LogP contribution in [0.2, 0.25) is 5.02 Å². The molecule has 0 aliphatic rings. The number of nitrogens with one attached hydrogen (secondary N) is 1. The van der Waals surface area contributed by atoms with Crippen LogP contribution in [0.1, 0.15) is 15.9 Å². The second-order valence-electron chi connectivity index (χ2n) is 6.92. The molecule has 0 bridgehead atoms. The van der Waals surface area contributed by atoms with Crippen molar-refractivity contribution in [2.45, 2.75) is 0 Å². The molecular formula is C24H17ClN4O5. The number of hydrogen-bond donors (Lipinski definition) is 2. The van der Waals surface area contributed by atoms with Gasteiger partial charge < -0.3 is 14.3 Å². The van der Waals surface area contributed by atoms with Gasteiger partial charge in [-0.2, -0.15) is 0 Å². The van der Waals surface area contributed by atoms with Gasteiger partial charge in [-0.3, -0.25) is 4.79 Å². The molecule has 1 heterocycles. The Morgan fingerprint density at radius 2 is 1.82 bits per heavy atom. The van der Waals surface area contributed by atoms with Crippen molar-refractivity contribution in [3.8, 4) is 11.5 Å². The van der Waals surface area contributed by atoms with Gasteiger partial charge in [0.05, 0.1) is 12.8 Å². The summed E-state index contributed by atoms with van der Waals surface area (Å²) >= 11 is 5.90. The Balaban J connectivity index is 1.68. The summed E-state index contributed by atoms with van der Waals surface area (Å²) in [4.78, 5) is 25.0. The topological polar surface area (TPSA) is 126 Å². The highest BCUT2D eigenvalue weighted by Gasteiger charge is 2.15. The summed E-state index contributed by atoms with van der Waals surface area (Å²) in [5.41, 5.74) is 2.52. The second kappa shape index (κ2) is 9.97. The van der Waals surface area contributed by atoms with Gasteiger partial charge in [-0.05, 0) is 54.6 Å². The first-order valence-electron chi connectivity index (χ1n) is 9.90. The van der Waals surface area contributed by atoms with Crippen LogP contribution in [0, 0.1) is 0 Å². The molecule has 1 amide bonds. The third-order valence-electron chi connectivity index (χ3n) is 4.67. The molecule has 170 valence electrons. The maximum Gasteiger partial charge on any atom is 0.349 e. The fourth-order valence-electron chi connectivity index (χ4n) is 2.96. The number of nitrogens with zero attached hydrogens (tertiary/aromatic N) is 3. The number of azo groups is 1. The molecule has 2 N–H and O–H groups in total. The maximum atomic E-state index is 12.7. The van der Waals surface area contributed by atoms with Crippen LogP contribution in [-0.4, -0.2) is 24.0 Å². The molecule has 0 aliphatic carbocycles. The van der Waals surface area contributed by atoms with E-state index in [9.17, 15) is 14.7 Å². The van der Waals surface area contributed by atoms with Gasteiger partial charge in [-0.1, -0.05) is 29.8 Å². The van der Waals surface area contributed by atoms with Crippen molar-refractivity contribution < 1.29 is 19.1 Å². The number of amidine groups is 1. The first kappa shape index (κ1) is 22.7. The van der Waals surface area contributed by atoms with Crippen molar-refractivity contribution in [2.24, 2.45) is 15.3 Å². The van der Waals surface area contributed by atoms with Crippen LogP contribution < -0.4 is 15.8 Å². The number of methoxy groups -OCH3 is 1. The average molecular weight is 477 g/mol. The molecular weight excluding hydrogens is 460 g/mol. The van der Waals surface area contributed by atoms with Gasteiger partial charge in [0, 0.05) is 16.0 Å². The highest BCUT2D eigenvalue weighted by atomic mass is 35.5. The molecule has 10 heteroatoms. The van der Waals surface area contributed by atoms with E-state index in [1.165, 1.54) is 31.4 Å². The Bertz CT molecular complexity index is 1480. The number of rotatable bonds is 5. The van der Waals surface area contributed by atoms with Crippen LogP contribution in [0.4, 0.5) is 5.69 Å². The standard InChI is InChI=1S/C24H17ClN4O5/c1-33-21-13-15(6-11-19(21)30)22(27-26-17-9-7-16(25)8-10-17)28-29-23(31)18-12-14-4-2-3-5-20(14)34-24(18)32/h2-13,30H,1H3,(H,29,31)/b27-26?,28-22+. The number of carbonyl (C=O) groups excluding carboxylic acids is 1. The van der Waals surface area contributed by atoms with Crippen molar-refractivity contribution in [1.29, 1.82) is 0 Å². The number of hydrazone groups is 1. The van der Waals surface area contributed by atoms with E-state index >= 15 is 0 Å². The van der Waals surface area contributed by atoms with Crippen molar-refractivity contribution in [2.75, 3.05) is 7.11 Å². The number of halogens is 1. The predicted molar refractivity (Wildman–Crippen MR) is 127 cm³/mol. The molecule has 3 aromatic carbocycles. The van der Waals surface area contributed by atoms with Crippen LogP contribution in [0.15, 0.2) is 97.3 Å².